The number of benzene rings is 1. The summed E-state index contributed by atoms with van der Waals surface area (Å²) < 4.78 is 5.51. The van der Waals surface area contributed by atoms with Crippen LogP contribution in [0.5, 0.6) is 5.75 Å². The Morgan fingerprint density at radius 3 is 2.46 bits per heavy atom. The first-order valence-electron chi connectivity index (χ1n) is 4.47. The molecule has 0 fully saturated rings. The molecule has 13 heavy (non-hydrogen) atoms. The first-order valence-corrected chi connectivity index (χ1v) is 5.69. The molecule has 0 heterocycles. The van der Waals surface area contributed by atoms with Gasteiger partial charge in [0, 0.05) is 4.90 Å². The molecule has 0 aromatic heterocycles. The Bertz CT molecular complexity index is 294. The van der Waals surface area contributed by atoms with E-state index in [0.717, 1.165) is 12.4 Å². The van der Waals surface area contributed by atoms with Crippen LogP contribution in [-0.2, 0) is 0 Å². The fourth-order valence-corrected chi connectivity index (χ4v) is 1.97. The molecule has 1 rings (SSSR count). The lowest BCUT2D eigenvalue weighted by Crippen LogP contribution is -1.95. The van der Waals surface area contributed by atoms with Gasteiger partial charge in [0.2, 0.25) is 0 Å². The SMILES string of the molecule is CCOc1cc(C)c(SC)cc1C. The highest BCUT2D eigenvalue weighted by Gasteiger charge is 2.03. The van der Waals surface area contributed by atoms with Gasteiger partial charge in [-0.25, -0.2) is 0 Å². The van der Waals surface area contributed by atoms with Crippen LogP contribution >= 0.6 is 11.8 Å². The number of hydrogen-bond acceptors (Lipinski definition) is 2. The molecule has 0 spiro atoms. The van der Waals surface area contributed by atoms with Crippen molar-refractivity contribution in [1.82, 2.24) is 0 Å². The predicted octanol–water partition coefficient (Wildman–Crippen LogP) is 3.42. The summed E-state index contributed by atoms with van der Waals surface area (Å²) in [5.41, 5.74) is 2.51. The van der Waals surface area contributed by atoms with Crippen molar-refractivity contribution in [3.63, 3.8) is 0 Å². The highest BCUT2D eigenvalue weighted by molar-refractivity contribution is 7.98. The topological polar surface area (TPSA) is 9.23 Å². The highest BCUT2D eigenvalue weighted by Crippen LogP contribution is 2.27. The first kappa shape index (κ1) is 10.5. The Hall–Kier alpha value is -0.630. The van der Waals surface area contributed by atoms with Crippen LogP contribution in [0.25, 0.3) is 0 Å². The number of rotatable bonds is 3. The van der Waals surface area contributed by atoms with Gasteiger partial charge in [-0.05, 0) is 50.3 Å². The maximum Gasteiger partial charge on any atom is 0.122 e. The monoisotopic (exact) mass is 196 g/mol. The van der Waals surface area contributed by atoms with Crippen molar-refractivity contribution in [2.75, 3.05) is 12.9 Å². The fourth-order valence-electron chi connectivity index (χ4n) is 1.29. The van der Waals surface area contributed by atoms with Crippen LogP contribution < -0.4 is 4.74 Å². The summed E-state index contributed by atoms with van der Waals surface area (Å²) in [6.45, 7) is 6.95. The second-order valence-electron chi connectivity index (χ2n) is 3.02. The fraction of sp³-hybridized carbons (Fsp3) is 0.455. The van der Waals surface area contributed by atoms with Gasteiger partial charge in [-0.15, -0.1) is 11.8 Å². The van der Waals surface area contributed by atoms with Crippen LogP contribution in [0.15, 0.2) is 17.0 Å². The maximum absolute atomic E-state index is 5.51. The molecule has 1 aromatic carbocycles. The molecule has 0 aliphatic rings. The summed E-state index contributed by atoms with van der Waals surface area (Å²) in [5, 5.41) is 0. The van der Waals surface area contributed by atoms with E-state index >= 15 is 0 Å². The van der Waals surface area contributed by atoms with E-state index in [4.69, 9.17) is 4.74 Å². The number of thioether (sulfide) groups is 1. The molecule has 2 heteroatoms. The van der Waals surface area contributed by atoms with Gasteiger partial charge in [-0.1, -0.05) is 0 Å². The number of ether oxygens (including phenoxy) is 1. The van der Waals surface area contributed by atoms with Crippen LogP contribution in [0.3, 0.4) is 0 Å². The van der Waals surface area contributed by atoms with Crippen molar-refractivity contribution in [2.24, 2.45) is 0 Å². The minimum Gasteiger partial charge on any atom is -0.494 e. The van der Waals surface area contributed by atoms with Gasteiger partial charge in [0.15, 0.2) is 0 Å². The Morgan fingerprint density at radius 2 is 1.92 bits per heavy atom. The first-order chi connectivity index (χ1) is 6.19. The van der Waals surface area contributed by atoms with E-state index in [1.54, 1.807) is 11.8 Å². The van der Waals surface area contributed by atoms with Gasteiger partial charge in [0.25, 0.3) is 0 Å². The molecule has 0 aliphatic heterocycles. The van der Waals surface area contributed by atoms with Crippen LogP contribution in [0.1, 0.15) is 18.1 Å². The summed E-state index contributed by atoms with van der Waals surface area (Å²) in [4.78, 5) is 1.33. The third-order valence-electron chi connectivity index (χ3n) is 1.99. The molecule has 0 saturated carbocycles. The largest absolute Gasteiger partial charge is 0.494 e. The van der Waals surface area contributed by atoms with Crippen molar-refractivity contribution >= 4 is 11.8 Å². The molecule has 0 radical (unpaired) electrons. The lowest BCUT2D eigenvalue weighted by molar-refractivity contribution is 0.337. The summed E-state index contributed by atoms with van der Waals surface area (Å²) in [5.74, 6) is 1.01. The molecule has 0 N–H and O–H groups in total. The quantitative estimate of drug-likeness (QED) is 0.685. The lowest BCUT2D eigenvalue weighted by Gasteiger charge is -2.10. The zero-order valence-electron chi connectivity index (χ0n) is 8.68. The molecule has 0 atom stereocenters. The van der Waals surface area contributed by atoms with Crippen molar-refractivity contribution < 1.29 is 4.74 Å². The van der Waals surface area contributed by atoms with E-state index in [9.17, 15) is 0 Å². The molecule has 1 aromatic rings. The molecule has 0 saturated heterocycles. The molecule has 72 valence electrons. The Kier molecular flexibility index (Phi) is 3.67. The second-order valence-corrected chi connectivity index (χ2v) is 3.87. The van der Waals surface area contributed by atoms with Gasteiger partial charge in [-0.2, -0.15) is 0 Å². The predicted molar refractivity (Wildman–Crippen MR) is 58.9 cm³/mol. The molecule has 1 nitrogen and oxygen atoms in total. The smallest absolute Gasteiger partial charge is 0.122 e. The van der Waals surface area contributed by atoms with Crippen molar-refractivity contribution in [3.8, 4) is 5.75 Å². The zero-order valence-corrected chi connectivity index (χ0v) is 9.49. The van der Waals surface area contributed by atoms with Crippen LogP contribution in [0.2, 0.25) is 0 Å². The lowest BCUT2D eigenvalue weighted by atomic mass is 10.1. The van der Waals surface area contributed by atoms with Crippen LogP contribution in [-0.4, -0.2) is 12.9 Å². The standard InChI is InChI=1S/C11H16OS/c1-5-12-10-6-9(3)11(13-4)7-8(10)2/h6-7H,5H2,1-4H3. The molecule has 0 aliphatic carbocycles. The zero-order chi connectivity index (χ0) is 9.84. The van der Waals surface area contributed by atoms with Crippen molar-refractivity contribution in [1.29, 1.82) is 0 Å². The average Bonchev–Trinajstić information content (AvgIpc) is 2.11. The summed E-state index contributed by atoms with van der Waals surface area (Å²) in [7, 11) is 0. The average molecular weight is 196 g/mol. The molecule has 0 amide bonds. The molecular formula is C11H16OS. The van der Waals surface area contributed by atoms with Gasteiger partial charge in [0.1, 0.15) is 5.75 Å². The maximum atomic E-state index is 5.51. The van der Waals surface area contributed by atoms with Gasteiger partial charge < -0.3 is 4.74 Å². The van der Waals surface area contributed by atoms with Gasteiger partial charge in [0.05, 0.1) is 6.61 Å². The summed E-state index contributed by atoms with van der Waals surface area (Å²) >= 11 is 1.78. The summed E-state index contributed by atoms with van der Waals surface area (Å²) in [6, 6.07) is 4.30. The van der Waals surface area contributed by atoms with Crippen molar-refractivity contribution in [2.45, 2.75) is 25.7 Å². The third-order valence-corrected chi connectivity index (χ3v) is 2.87. The van der Waals surface area contributed by atoms with Gasteiger partial charge in [-0.3, -0.25) is 0 Å². The second kappa shape index (κ2) is 4.56. The van der Waals surface area contributed by atoms with E-state index in [-0.39, 0.29) is 0 Å². The van der Waals surface area contributed by atoms with E-state index in [0.29, 0.717) is 0 Å². The Morgan fingerprint density at radius 1 is 1.23 bits per heavy atom. The van der Waals surface area contributed by atoms with Crippen LogP contribution in [0, 0.1) is 13.8 Å². The number of hydrogen-bond donors (Lipinski definition) is 0. The minimum absolute atomic E-state index is 0.735. The normalized spacial score (nSPS) is 10.2. The molecule has 0 bridgehead atoms. The van der Waals surface area contributed by atoms with Crippen LogP contribution in [0.4, 0.5) is 0 Å². The third kappa shape index (κ3) is 2.41. The minimum atomic E-state index is 0.735. The van der Waals surface area contributed by atoms with E-state index in [1.807, 2.05) is 6.92 Å². The highest BCUT2D eigenvalue weighted by atomic mass is 32.2. The van der Waals surface area contributed by atoms with E-state index in [1.165, 1.54) is 16.0 Å². The van der Waals surface area contributed by atoms with Crippen molar-refractivity contribution in [3.05, 3.63) is 23.3 Å². The number of aryl methyl sites for hydroxylation is 2. The van der Waals surface area contributed by atoms with E-state index in [2.05, 4.69) is 32.2 Å². The molecule has 0 unspecified atom stereocenters. The Balaban J connectivity index is 3.05. The summed E-state index contributed by atoms with van der Waals surface area (Å²) in [6.07, 6.45) is 2.10. The van der Waals surface area contributed by atoms with Gasteiger partial charge >= 0.3 is 0 Å². The van der Waals surface area contributed by atoms with E-state index < -0.39 is 0 Å². The molecular weight excluding hydrogens is 180 g/mol. The Labute approximate surface area is 84.5 Å².